The fourth-order valence-corrected chi connectivity index (χ4v) is 2.73. The fourth-order valence-electron chi connectivity index (χ4n) is 1.97. The van der Waals surface area contributed by atoms with Crippen LogP contribution in [0.2, 0.25) is 0 Å². The smallest absolute Gasteiger partial charge is 0.344 e. The lowest BCUT2D eigenvalue weighted by molar-refractivity contribution is 0.153. The second-order valence-corrected chi connectivity index (χ2v) is 7.36. The van der Waals surface area contributed by atoms with Crippen molar-refractivity contribution < 1.29 is 18.5 Å². The van der Waals surface area contributed by atoms with Gasteiger partial charge in [-0.25, -0.2) is 4.57 Å². The molecule has 0 rings (SSSR count). The predicted molar refractivity (Wildman–Crippen MR) is 105 cm³/mol. The van der Waals surface area contributed by atoms with Gasteiger partial charge in [0.05, 0.1) is 13.2 Å². The number of phosphoric acid groups is 1. The average molecular weight is 370 g/mol. The first-order valence-corrected chi connectivity index (χ1v) is 11.1. The van der Waals surface area contributed by atoms with E-state index in [1.165, 1.54) is 64.2 Å². The minimum atomic E-state index is -3.77. The van der Waals surface area contributed by atoms with Gasteiger partial charge in [0.1, 0.15) is 0 Å². The zero-order valence-electron chi connectivity index (χ0n) is 16.7. The van der Waals surface area contributed by atoms with Gasteiger partial charge in [-0.05, 0) is 13.3 Å². The maximum atomic E-state index is 11.2. The van der Waals surface area contributed by atoms with E-state index in [0.29, 0.717) is 6.61 Å². The molecule has 0 aromatic rings. The maximum Gasteiger partial charge on any atom is 0.472 e. The van der Waals surface area contributed by atoms with E-state index >= 15 is 0 Å². The number of hydrogen-bond donors (Lipinski definition) is 2. The van der Waals surface area contributed by atoms with Crippen LogP contribution in [-0.2, 0) is 13.6 Å². The van der Waals surface area contributed by atoms with E-state index in [0.717, 1.165) is 12.8 Å². The normalized spacial score (nSPS) is 12.7. The summed E-state index contributed by atoms with van der Waals surface area (Å²) in [5.74, 6) is 0. The van der Waals surface area contributed by atoms with E-state index in [1.807, 2.05) is 0 Å². The third kappa shape index (κ3) is 26.9. The fraction of sp³-hybridized carbons (Fsp3) is 1.00. The Balaban J connectivity index is -0.000000787. The standard InChI is InChI=1S/C14H31O4P.C4H10.H3N/c1-3-5-6-7-8-9-10-11-12-13-14-18-19(15,16)17-4-2;1-3-4-2;/h3-14H2,1-2H3,(H,15,16);3-4H2,1-2H3;1H3. The lowest BCUT2D eigenvalue weighted by atomic mass is 10.1. The van der Waals surface area contributed by atoms with Gasteiger partial charge in [-0.15, -0.1) is 0 Å². The highest BCUT2D eigenvalue weighted by molar-refractivity contribution is 7.47. The molecule has 0 bridgehead atoms. The van der Waals surface area contributed by atoms with Gasteiger partial charge in [0.25, 0.3) is 0 Å². The van der Waals surface area contributed by atoms with Gasteiger partial charge < -0.3 is 11.0 Å². The van der Waals surface area contributed by atoms with Gasteiger partial charge >= 0.3 is 7.82 Å². The summed E-state index contributed by atoms with van der Waals surface area (Å²) in [6.07, 6.45) is 15.0. The third-order valence-corrected chi connectivity index (χ3v) is 4.64. The first-order chi connectivity index (χ1) is 11.0. The van der Waals surface area contributed by atoms with Crippen LogP contribution in [0.3, 0.4) is 0 Å². The molecular weight excluding hydrogens is 325 g/mol. The molecule has 24 heavy (non-hydrogen) atoms. The van der Waals surface area contributed by atoms with Crippen molar-refractivity contribution in [2.24, 2.45) is 0 Å². The van der Waals surface area contributed by atoms with E-state index < -0.39 is 7.82 Å². The summed E-state index contributed by atoms with van der Waals surface area (Å²) in [6, 6.07) is 0. The second kappa shape index (κ2) is 23.1. The van der Waals surface area contributed by atoms with Crippen molar-refractivity contribution in [3.8, 4) is 0 Å². The second-order valence-electron chi connectivity index (χ2n) is 5.90. The summed E-state index contributed by atoms with van der Waals surface area (Å²) < 4.78 is 20.6. The van der Waals surface area contributed by atoms with E-state index in [4.69, 9.17) is 9.42 Å². The number of phosphoric ester groups is 1. The highest BCUT2D eigenvalue weighted by atomic mass is 31.2. The van der Waals surface area contributed by atoms with Crippen LogP contribution in [0.1, 0.15) is 105 Å². The molecule has 0 aliphatic heterocycles. The van der Waals surface area contributed by atoms with Crippen molar-refractivity contribution in [3.63, 3.8) is 0 Å². The molecule has 0 fully saturated rings. The lowest BCUT2D eigenvalue weighted by Gasteiger charge is -2.10. The number of hydrogen-bond acceptors (Lipinski definition) is 4. The molecule has 1 atom stereocenters. The Hall–Kier alpha value is 0.0700. The van der Waals surface area contributed by atoms with Gasteiger partial charge in [0, 0.05) is 0 Å². The number of unbranched alkanes of at least 4 members (excludes halogenated alkanes) is 10. The summed E-state index contributed by atoms with van der Waals surface area (Å²) >= 11 is 0. The molecular formula is C18H44NO4P. The number of rotatable bonds is 15. The molecule has 0 aliphatic carbocycles. The van der Waals surface area contributed by atoms with Gasteiger partial charge in [0.2, 0.25) is 0 Å². The van der Waals surface area contributed by atoms with Crippen molar-refractivity contribution >= 4 is 7.82 Å². The third-order valence-electron chi connectivity index (χ3n) is 3.54. The van der Waals surface area contributed by atoms with E-state index in [-0.39, 0.29) is 12.8 Å². The highest BCUT2D eigenvalue weighted by Crippen LogP contribution is 2.42. The monoisotopic (exact) mass is 369 g/mol. The lowest BCUT2D eigenvalue weighted by Crippen LogP contribution is -1.96. The molecule has 0 heterocycles. The molecule has 0 aromatic heterocycles. The Labute approximate surface area is 151 Å². The zero-order valence-corrected chi connectivity index (χ0v) is 17.6. The molecule has 5 nitrogen and oxygen atoms in total. The van der Waals surface area contributed by atoms with E-state index in [1.54, 1.807) is 6.92 Å². The van der Waals surface area contributed by atoms with Crippen LogP contribution in [0.25, 0.3) is 0 Å². The van der Waals surface area contributed by atoms with E-state index in [2.05, 4.69) is 25.3 Å². The first-order valence-electron chi connectivity index (χ1n) is 9.65. The molecule has 6 heteroatoms. The largest absolute Gasteiger partial charge is 0.472 e. The molecule has 0 aliphatic rings. The zero-order chi connectivity index (χ0) is 17.8. The maximum absolute atomic E-state index is 11.2. The van der Waals surface area contributed by atoms with Crippen LogP contribution >= 0.6 is 7.82 Å². The summed E-state index contributed by atoms with van der Waals surface area (Å²) in [4.78, 5) is 9.17. The van der Waals surface area contributed by atoms with Crippen LogP contribution in [0, 0.1) is 0 Å². The van der Waals surface area contributed by atoms with Crippen molar-refractivity contribution in [2.75, 3.05) is 13.2 Å². The molecule has 0 aromatic carbocycles. The summed E-state index contributed by atoms with van der Waals surface area (Å²) in [5, 5.41) is 0. The minimum absolute atomic E-state index is 0. The summed E-state index contributed by atoms with van der Waals surface area (Å²) in [7, 11) is -3.77. The van der Waals surface area contributed by atoms with Gasteiger partial charge in [0.15, 0.2) is 0 Å². The van der Waals surface area contributed by atoms with Crippen LogP contribution in [0.5, 0.6) is 0 Å². The van der Waals surface area contributed by atoms with E-state index in [9.17, 15) is 4.57 Å². The summed E-state index contributed by atoms with van der Waals surface area (Å²) in [6.45, 7) is 8.78. The van der Waals surface area contributed by atoms with Crippen molar-refractivity contribution in [1.29, 1.82) is 0 Å². The van der Waals surface area contributed by atoms with Crippen molar-refractivity contribution in [1.82, 2.24) is 6.15 Å². The molecule has 4 N–H and O–H groups in total. The molecule has 1 unspecified atom stereocenters. The molecule has 0 amide bonds. The van der Waals surface area contributed by atoms with Crippen LogP contribution in [0.15, 0.2) is 0 Å². The predicted octanol–water partition coefficient (Wildman–Crippen LogP) is 7.03. The van der Waals surface area contributed by atoms with Gasteiger partial charge in [-0.1, -0.05) is 91.4 Å². The topological polar surface area (TPSA) is 90.8 Å². The quantitative estimate of drug-likeness (QED) is 0.239. The Morgan fingerprint density at radius 3 is 1.46 bits per heavy atom. The first kappa shape index (κ1) is 28.9. The van der Waals surface area contributed by atoms with Crippen molar-refractivity contribution in [3.05, 3.63) is 0 Å². The Kier molecular flexibility index (Phi) is 27.7. The average Bonchev–Trinajstić information content (AvgIpc) is 2.52. The Morgan fingerprint density at radius 2 is 1.08 bits per heavy atom. The SMILES string of the molecule is CCCC.CCCCCCCCCCCCOP(=O)(O)OCC.N. The molecule has 0 saturated carbocycles. The molecule has 0 saturated heterocycles. The van der Waals surface area contributed by atoms with Gasteiger partial charge in [-0.3, -0.25) is 9.05 Å². The van der Waals surface area contributed by atoms with Gasteiger partial charge in [-0.2, -0.15) is 0 Å². The highest BCUT2D eigenvalue weighted by Gasteiger charge is 2.18. The minimum Gasteiger partial charge on any atom is -0.344 e. The molecule has 150 valence electrons. The molecule has 0 spiro atoms. The van der Waals surface area contributed by atoms with Crippen LogP contribution < -0.4 is 6.15 Å². The Bertz CT molecular complexity index is 263. The van der Waals surface area contributed by atoms with Crippen molar-refractivity contribution in [2.45, 2.75) is 105 Å². The molecule has 0 radical (unpaired) electrons. The Morgan fingerprint density at radius 1 is 0.667 bits per heavy atom. The van der Waals surface area contributed by atoms with Crippen LogP contribution in [0.4, 0.5) is 0 Å². The van der Waals surface area contributed by atoms with Crippen LogP contribution in [-0.4, -0.2) is 18.1 Å². The summed E-state index contributed by atoms with van der Waals surface area (Å²) in [5.41, 5.74) is 0.